The maximum absolute atomic E-state index is 15.9. The summed E-state index contributed by atoms with van der Waals surface area (Å²) < 4.78 is 76.8. The molecule has 9 rings (SSSR count). The van der Waals surface area contributed by atoms with Crippen LogP contribution < -0.4 is 15.1 Å². The van der Waals surface area contributed by atoms with E-state index in [9.17, 15) is 17.6 Å². The van der Waals surface area contributed by atoms with Gasteiger partial charge in [-0.1, -0.05) is 26.0 Å². The van der Waals surface area contributed by atoms with Gasteiger partial charge in [-0.05, 0) is 103 Å². The number of anilines is 1. The van der Waals surface area contributed by atoms with E-state index >= 15 is 4.39 Å². The molecule has 1 saturated heterocycles. The standard InChI is InChI=1S/C37H39BF2N2O6S/c1-36(2)23-15-31(36)37(3)32(16-23)47-38(48-37)27-13-6-20(14-28(27)40)19-42(49(5,44)45)29-18-30-26(17-25(29)21-7-8-21)33(35(43)41-4)34(46-30)22-9-11-24(39)12-10-22/h6,9-14,17-18,21,23,31-32H,7-8,15-16,19H2,1-5H3,(H,41,43)/t23-,31?,32+,37-/m1/s1. The molecule has 1 N–H and O–H groups in total. The summed E-state index contributed by atoms with van der Waals surface area (Å²) in [4.78, 5) is 13.2. The Balaban J connectivity index is 1.14. The lowest BCUT2D eigenvalue weighted by Gasteiger charge is -2.64. The van der Waals surface area contributed by atoms with E-state index < -0.39 is 34.4 Å². The molecule has 0 spiro atoms. The third kappa shape index (κ3) is 5.20. The zero-order valence-corrected chi connectivity index (χ0v) is 29.0. The van der Waals surface area contributed by atoms with Gasteiger partial charge in [-0.2, -0.15) is 0 Å². The van der Waals surface area contributed by atoms with Crippen LogP contribution in [0, 0.1) is 28.9 Å². The highest BCUT2D eigenvalue weighted by Gasteiger charge is 2.68. The van der Waals surface area contributed by atoms with Gasteiger partial charge in [0.15, 0.2) is 0 Å². The van der Waals surface area contributed by atoms with Crippen LogP contribution in [0.2, 0.25) is 0 Å². The molecule has 1 aromatic heterocycles. The van der Waals surface area contributed by atoms with Crippen LogP contribution in [-0.4, -0.2) is 46.5 Å². The first-order valence-electron chi connectivity index (χ1n) is 16.9. The van der Waals surface area contributed by atoms with Gasteiger partial charge in [-0.15, -0.1) is 0 Å². The van der Waals surface area contributed by atoms with E-state index in [1.807, 2.05) is 6.07 Å². The summed E-state index contributed by atoms with van der Waals surface area (Å²) >= 11 is 0. The maximum Gasteiger partial charge on any atom is 0.497 e. The second-order valence-corrected chi connectivity index (χ2v) is 16.9. The van der Waals surface area contributed by atoms with Gasteiger partial charge in [0.25, 0.3) is 5.91 Å². The summed E-state index contributed by atoms with van der Waals surface area (Å²) in [7, 11) is -3.19. The van der Waals surface area contributed by atoms with Crippen LogP contribution in [0.25, 0.3) is 22.3 Å². The number of benzene rings is 3. The van der Waals surface area contributed by atoms with E-state index in [1.54, 1.807) is 18.2 Å². The van der Waals surface area contributed by atoms with E-state index in [0.717, 1.165) is 37.5 Å². The van der Waals surface area contributed by atoms with Crippen LogP contribution in [0.15, 0.2) is 59.0 Å². The first-order chi connectivity index (χ1) is 23.2. The van der Waals surface area contributed by atoms with Crippen LogP contribution in [0.5, 0.6) is 0 Å². The van der Waals surface area contributed by atoms with Crippen molar-refractivity contribution < 1.29 is 35.7 Å². The average Bonchev–Trinajstić information content (AvgIpc) is 3.73. The Labute approximate surface area is 285 Å². The molecule has 3 aromatic carbocycles. The SMILES string of the molecule is CNC(=O)c1c(-c2ccc(F)cc2)oc2cc(N(Cc3ccc(B4O[C@H]5C[C@H]6CC(C6(C)C)[C@@]5(C)O4)c(F)c3)S(C)(=O)=O)c(C3CC3)cc12. The number of carbonyl (C=O) groups excluding carboxylic acids is 1. The molecule has 4 aliphatic carbocycles. The molecule has 1 aliphatic heterocycles. The zero-order chi connectivity index (χ0) is 34.6. The molecule has 8 nitrogen and oxygen atoms in total. The van der Waals surface area contributed by atoms with E-state index in [0.29, 0.717) is 45.1 Å². The largest absolute Gasteiger partial charge is 0.497 e. The monoisotopic (exact) mass is 688 g/mol. The lowest BCUT2D eigenvalue weighted by Crippen LogP contribution is -2.65. The van der Waals surface area contributed by atoms with Crippen LogP contribution in [0.1, 0.15) is 73.9 Å². The summed E-state index contributed by atoms with van der Waals surface area (Å²) in [6.07, 6.45) is 4.72. The van der Waals surface area contributed by atoms with Crippen LogP contribution in [-0.2, 0) is 25.9 Å². The minimum atomic E-state index is -3.87. The van der Waals surface area contributed by atoms with E-state index in [2.05, 4.69) is 26.1 Å². The first-order valence-corrected chi connectivity index (χ1v) is 18.7. The second-order valence-electron chi connectivity index (χ2n) is 15.0. The number of halogens is 2. The van der Waals surface area contributed by atoms with Crippen molar-refractivity contribution >= 4 is 45.2 Å². The molecule has 5 fully saturated rings. The number of nitrogens with one attached hydrogen (secondary N) is 1. The third-order valence-electron chi connectivity index (χ3n) is 11.7. The summed E-state index contributed by atoms with van der Waals surface area (Å²) in [6.45, 7) is 6.51. The number of carbonyl (C=O) groups is 1. The number of amides is 1. The highest BCUT2D eigenvalue weighted by atomic mass is 32.2. The molecule has 1 unspecified atom stereocenters. The molecular formula is C37H39BF2N2O6S. The van der Waals surface area contributed by atoms with Crippen molar-refractivity contribution in [1.29, 1.82) is 0 Å². The van der Waals surface area contributed by atoms with Crippen LogP contribution in [0.4, 0.5) is 14.5 Å². The van der Waals surface area contributed by atoms with Crippen molar-refractivity contribution in [3.63, 3.8) is 0 Å². The van der Waals surface area contributed by atoms with Crippen molar-refractivity contribution in [3.8, 4) is 11.3 Å². The van der Waals surface area contributed by atoms with Crippen molar-refractivity contribution in [2.24, 2.45) is 17.3 Å². The van der Waals surface area contributed by atoms with Gasteiger partial charge in [0.05, 0.1) is 35.8 Å². The minimum Gasteiger partial charge on any atom is -0.455 e. The van der Waals surface area contributed by atoms with Gasteiger partial charge in [0.1, 0.15) is 23.0 Å². The summed E-state index contributed by atoms with van der Waals surface area (Å²) in [5.74, 6) is -0.0857. The summed E-state index contributed by atoms with van der Waals surface area (Å²) in [5.41, 5.74) is 2.69. The highest BCUT2D eigenvalue weighted by Crippen LogP contribution is 2.65. The van der Waals surface area contributed by atoms with Gasteiger partial charge in [0, 0.05) is 29.5 Å². The molecule has 4 atom stereocenters. The predicted octanol–water partition coefficient (Wildman–Crippen LogP) is 6.52. The molecule has 2 heterocycles. The van der Waals surface area contributed by atoms with Crippen molar-refractivity contribution in [2.75, 3.05) is 17.6 Å². The van der Waals surface area contributed by atoms with Crippen LogP contribution in [0.3, 0.4) is 0 Å². The smallest absolute Gasteiger partial charge is 0.455 e. The molecule has 2 bridgehead atoms. The quantitative estimate of drug-likeness (QED) is 0.212. The topological polar surface area (TPSA) is 98.1 Å². The van der Waals surface area contributed by atoms with Gasteiger partial charge >= 0.3 is 7.12 Å². The first kappa shape index (κ1) is 32.5. The molecule has 0 radical (unpaired) electrons. The fraction of sp³-hybridized carbons (Fsp3) is 0.432. The Morgan fingerprint density at radius 1 is 1.04 bits per heavy atom. The van der Waals surface area contributed by atoms with Gasteiger partial charge in [0.2, 0.25) is 10.0 Å². The average molecular weight is 689 g/mol. The number of hydrogen-bond acceptors (Lipinski definition) is 6. The van der Waals surface area contributed by atoms with Gasteiger partial charge < -0.3 is 19.0 Å². The molecule has 5 aliphatic rings. The summed E-state index contributed by atoms with van der Waals surface area (Å²) in [6, 6.07) is 13.8. The van der Waals surface area contributed by atoms with E-state index in [4.69, 9.17) is 13.7 Å². The number of fused-ring (bicyclic) bond motifs is 1. The zero-order valence-electron chi connectivity index (χ0n) is 28.2. The summed E-state index contributed by atoms with van der Waals surface area (Å²) in [5, 5.41) is 3.19. The lowest BCUT2D eigenvalue weighted by atomic mass is 9.43. The highest BCUT2D eigenvalue weighted by molar-refractivity contribution is 7.92. The fourth-order valence-electron chi connectivity index (χ4n) is 8.65. The molecular weight excluding hydrogens is 649 g/mol. The lowest BCUT2D eigenvalue weighted by molar-refractivity contribution is -0.199. The second kappa shape index (κ2) is 11.1. The van der Waals surface area contributed by atoms with Gasteiger partial charge in [-0.3, -0.25) is 9.10 Å². The number of sulfonamides is 1. The predicted molar refractivity (Wildman–Crippen MR) is 184 cm³/mol. The number of furan rings is 1. The molecule has 4 saturated carbocycles. The molecule has 49 heavy (non-hydrogen) atoms. The Morgan fingerprint density at radius 2 is 1.78 bits per heavy atom. The van der Waals surface area contributed by atoms with Crippen molar-refractivity contribution in [1.82, 2.24) is 5.32 Å². The van der Waals surface area contributed by atoms with Crippen LogP contribution >= 0.6 is 0 Å². The Kier molecular flexibility index (Phi) is 7.38. The van der Waals surface area contributed by atoms with Crippen molar-refractivity contribution in [2.45, 2.75) is 70.6 Å². The number of nitrogens with zero attached hydrogens (tertiary/aromatic N) is 1. The Bertz CT molecular complexity index is 2120. The third-order valence-corrected chi connectivity index (χ3v) is 12.8. The molecule has 12 heteroatoms. The molecule has 256 valence electrons. The van der Waals surface area contributed by atoms with Gasteiger partial charge in [-0.25, -0.2) is 17.2 Å². The van der Waals surface area contributed by atoms with E-state index in [-0.39, 0.29) is 41.2 Å². The van der Waals surface area contributed by atoms with Crippen molar-refractivity contribution in [3.05, 3.63) is 82.9 Å². The Morgan fingerprint density at radius 3 is 2.41 bits per heavy atom. The molecule has 1 amide bonds. The number of rotatable bonds is 8. The fourth-order valence-corrected chi connectivity index (χ4v) is 9.55. The maximum atomic E-state index is 15.9. The number of hydrogen-bond donors (Lipinski definition) is 1. The molecule has 4 aromatic rings. The van der Waals surface area contributed by atoms with E-state index in [1.165, 1.54) is 41.7 Å². The Hall–Kier alpha value is -3.74. The minimum absolute atomic E-state index is 0.0853. The normalized spacial score (nSPS) is 25.6.